The largest absolute Gasteiger partial charge is 0.394 e. The number of hydrogen-bond acceptors (Lipinski definition) is 2. The molecule has 1 aromatic carbocycles. The Kier molecular flexibility index (Phi) is 6.05. The monoisotopic (exact) mass is 322 g/mol. The fourth-order valence-corrected chi connectivity index (χ4v) is 2.10. The fraction of sp³-hybridized carbons (Fsp3) is 0.462. The molecular weight excluding hydrogens is 306 g/mol. The van der Waals surface area contributed by atoms with Crippen LogP contribution in [0.5, 0.6) is 0 Å². The predicted molar refractivity (Wildman–Crippen MR) is 77.7 cm³/mol. The van der Waals surface area contributed by atoms with E-state index in [0.717, 1.165) is 0 Å². The summed E-state index contributed by atoms with van der Waals surface area (Å²) < 4.78 is 13.5. The summed E-state index contributed by atoms with van der Waals surface area (Å²) in [5.74, 6) is -0.593. The van der Waals surface area contributed by atoms with Crippen molar-refractivity contribution in [2.45, 2.75) is 25.9 Å². The van der Waals surface area contributed by atoms with Crippen molar-refractivity contribution in [3.05, 3.63) is 33.6 Å². The van der Waals surface area contributed by atoms with Gasteiger partial charge in [-0.2, -0.15) is 0 Å². The average molecular weight is 323 g/mol. The molecule has 0 aliphatic rings. The predicted octanol–water partition coefficient (Wildman–Crippen LogP) is 3.22. The van der Waals surface area contributed by atoms with Crippen molar-refractivity contribution in [3.63, 3.8) is 0 Å². The topological polar surface area (TPSA) is 52.6 Å². The number of benzene rings is 1. The Morgan fingerprint density at radius 2 is 2.00 bits per heavy atom. The lowest BCUT2D eigenvalue weighted by Crippen LogP contribution is -2.44. The van der Waals surface area contributed by atoms with Gasteiger partial charge < -0.3 is 15.3 Å². The molecule has 2 amide bonds. The van der Waals surface area contributed by atoms with Crippen LogP contribution in [0, 0.1) is 5.82 Å². The number of aliphatic hydroxyl groups is 1. The number of rotatable bonds is 4. The molecule has 0 aliphatic heterocycles. The molecule has 20 heavy (non-hydrogen) atoms. The van der Waals surface area contributed by atoms with Crippen molar-refractivity contribution in [3.8, 4) is 0 Å². The first-order chi connectivity index (χ1) is 9.27. The van der Waals surface area contributed by atoms with Gasteiger partial charge in [-0.25, -0.2) is 9.18 Å². The van der Waals surface area contributed by atoms with Crippen molar-refractivity contribution >= 4 is 29.2 Å². The van der Waals surface area contributed by atoms with E-state index in [1.54, 1.807) is 20.9 Å². The molecule has 0 heterocycles. The molecule has 1 aromatic rings. The molecule has 0 saturated carbocycles. The summed E-state index contributed by atoms with van der Waals surface area (Å²) in [5, 5.41) is 11.9. The van der Waals surface area contributed by atoms with Gasteiger partial charge in [0.1, 0.15) is 5.82 Å². The zero-order valence-electron chi connectivity index (χ0n) is 11.5. The van der Waals surface area contributed by atoms with Gasteiger partial charge in [-0.05, 0) is 31.5 Å². The smallest absolute Gasteiger partial charge is 0.317 e. The number of carbonyl (C=O) groups is 1. The first-order valence-corrected chi connectivity index (χ1v) is 6.82. The number of likely N-dealkylation sites (N-methyl/N-ethyl adjacent to an activating group) is 1. The summed E-state index contributed by atoms with van der Waals surface area (Å²) in [6.45, 7) is 3.25. The number of hydrogen-bond donors (Lipinski definition) is 2. The van der Waals surface area contributed by atoms with Crippen LogP contribution >= 0.6 is 23.2 Å². The third kappa shape index (κ3) is 3.98. The average Bonchev–Trinajstić information content (AvgIpc) is 2.40. The minimum absolute atomic E-state index is 0.0664. The maximum absolute atomic E-state index is 13.5. The highest BCUT2D eigenvalue weighted by molar-refractivity contribution is 6.35. The van der Waals surface area contributed by atoms with Crippen LogP contribution in [-0.2, 0) is 0 Å². The number of nitrogens with zero attached hydrogens (tertiary/aromatic N) is 1. The first kappa shape index (κ1) is 17.0. The molecule has 0 saturated heterocycles. The van der Waals surface area contributed by atoms with Crippen LogP contribution in [0.2, 0.25) is 10.0 Å². The van der Waals surface area contributed by atoms with Crippen molar-refractivity contribution in [2.75, 3.05) is 13.7 Å². The second-order valence-corrected chi connectivity index (χ2v) is 5.42. The van der Waals surface area contributed by atoms with Crippen LogP contribution in [-0.4, -0.2) is 35.7 Å². The molecule has 112 valence electrons. The van der Waals surface area contributed by atoms with Gasteiger partial charge in [0.15, 0.2) is 0 Å². The number of halogens is 3. The Hall–Kier alpha value is -1.04. The Morgan fingerprint density at radius 1 is 1.40 bits per heavy atom. The molecule has 2 atom stereocenters. The van der Waals surface area contributed by atoms with Crippen LogP contribution < -0.4 is 5.32 Å². The minimum Gasteiger partial charge on any atom is -0.394 e. The van der Waals surface area contributed by atoms with Gasteiger partial charge in [0.25, 0.3) is 0 Å². The lowest BCUT2D eigenvalue weighted by atomic mass is 10.1. The third-order valence-electron chi connectivity index (χ3n) is 3.09. The standard InChI is InChI=1S/C13H17Cl2FN2O2/c1-7(6-19)18(3)13(20)17-8(2)9-4-12(16)11(15)5-10(9)14/h4-5,7-8,19H,6H2,1-3H3,(H,17,20). The van der Waals surface area contributed by atoms with Gasteiger partial charge in [0.2, 0.25) is 0 Å². The second-order valence-electron chi connectivity index (χ2n) is 4.60. The molecule has 1 rings (SSSR count). The van der Waals surface area contributed by atoms with E-state index in [0.29, 0.717) is 5.56 Å². The van der Waals surface area contributed by atoms with Gasteiger partial charge >= 0.3 is 6.03 Å². The van der Waals surface area contributed by atoms with Gasteiger partial charge in [-0.3, -0.25) is 0 Å². The van der Waals surface area contributed by atoms with Crippen LogP contribution in [0.3, 0.4) is 0 Å². The van der Waals surface area contributed by atoms with E-state index in [1.807, 2.05) is 0 Å². The molecule has 0 bridgehead atoms. The van der Waals surface area contributed by atoms with E-state index in [1.165, 1.54) is 17.0 Å². The van der Waals surface area contributed by atoms with E-state index in [9.17, 15) is 9.18 Å². The zero-order valence-corrected chi connectivity index (χ0v) is 13.0. The Balaban J connectivity index is 2.84. The highest BCUT2D eigenvalue weighted by Crippen LogP contribution is 2.28. The van der Waals surface area contributed by atoms with Gasteiger partial charge in [0.05, 0.1) is 23.7 Å². The lowest BCUT2D eigenvalue weighted by molar-refractivity contribution is 0.155. The van der Waals surface area contributed by atoms with Crippen LogP contribution in [0.4, 0.5) is 9.18 Å². The maximum Gasteiger partial charge on any atom is 0.317 e. The van der Waals surface area contributed by atoms with E-state index in [4.69, 9.17) is 28.3 Å². The number of urea groups is 1. The molecule has 0 radical (unpaired) electrons. The van der Waals surface area contributed by atoms with E-state index in [2.05, 4.69) is 5.32 Å². The van der Waals surface area contributed by atoms with E-state index in [-0.39, 0.29) is 28.7 Å². The summed E-state index contributed by atoms with van der Waals surface area (Å²) in [7, 11) is 1.56. The Labute approximate surface area is 127 Å². The number of nitrogens with one attached hydrogen (secondary N) is 1. The highest BCUT2D eigenvalue weighted by atomic mass is 35.5. The molecule has 0 aliphatic carbocycles. The van der Waals surface area contributed by atoms with Crippen molar-refractivity contribution in [2.24, 2.45) is 0 Å². The lowest BCUT2D eigenvalue weighted by Gasteiger charge is -2.26. The Bertz CT molecular complexity index is 500. The molecule has 0 aromatic heterocycles. The molecule has 4 nitrogen and oxygen atoms in total. The molecule has 0 fully saturated rings. The number of aliphatic hydroxyl groups excluding tert-OH is 1. The quantitative estimate of drug-likeness (QED) is 0.836. The van der Waals surface area contributed by atoms with Gasteiger partial charge in [-0.1, -0.05) is 23.2 Å². The SMILES string of the molecule is CC(NC(=O)N(C)C(C)CO)c1cc(F)c(Cl)cc1Cl. The van der Waals surface area contributed by atoms with Crippen LogP contribution in [0.1, 0.15) is 25.5 Å². The minimum atomic E-state index is -0.593. The third-order valence-corrected chi connectivity index (χ3v) is 3.71. The maximum atomic E-state index is 13.5. The molecule has 0 spiro atoms. The van der Waals surface area contributed by atoms with Gasteiger partial charge in [-0.15, -0.1) is 0 Å². The highest BCUT2D eigenvalue weighted by Gasteiger charge is 2.19. The van der Waals surface area contributed by atoms with E-state index >= 15 is 0 Å². The number of amides is 2. The number of carbonyl (C=O) groups excluding carboxylic acids is 1. The normalized spacial score (nSPS) is 13.8. The zero-order chi connectivity index (χ0) is 15.4. The molecular formula is C13H17Cl2FN2O2. The first-order valence-electron chi connectivity index (χ1n) is 6.06. The summed E-state index contributed by atoms with van der Waals surface area (Å²) in [6, 6.07) is 1.31. The van der Waals surface area contributed by atoms with E-state index < -0.39 is 11.9 Å². The summed E-state index contributed by atoms with van der Waals surface area (Å²) in [5.41, 5.74) is 0.437. The molecule has 2 N–H and O–H groups in total. The van der Waals surface area contributed by atoms with Crippen LogP contribution in [0.25, 0.3) is 0 Å². The van der Waals surface area contributed by atoms with Crippen molar-refractivity contribution in [1.29, 1.82) is 0 Å². The second kappa shape index (κ2) is 7.11. The van der Waals surface area contributed by atoms with Gasteiger partial charge in [0, 0.05) is 12.1 Å². The molecule has 2 unspecified atom stereocenters. The summed E-state index contributed by atoms with van der Waals surface area (Å²) in [6.07, 6.45) is 0. The van der Waals surface area contributed by atoms with Crippen molar-refractivity contribution < 1.29 is 14.3 Å². The summed E-state index contributed by atoms with van der Waals surface area (Å²) in [4.78, 5) is 13.3. The summed E-state index contributed by atoms with van der Waals surface area (Å²) >= 11 is 11.6. The fourth-order valence-electron chi connectivity index (χ4n) is 1.56. The van der Waals surface area contributed by atoms with Crippen LogP contribution in [0.15, 0.2) is 12.1 Å². The Morgan fingerprint density at radius 3 is 2.55 bits per heavy atom. The van der Waals surface area contributed by atoms with Crippen molar-refractivity contribution in [1.82, 2.24) is 10.2 Å². The molecule has 7 heteroatoms.